The lowest BCUT2D eigenvalue weighted by Gasteiger charge is -2.21. The van der Waals surface area contributed by atoms with E-state index in [4.69, 9.17) is 17.3 Å². The number of rotatable bonds is 6. The summed E-state index contributed by atoms with van der Waals surface area (Å²) in [5, 5.41) is 0.492. The van der Waals surface area contributed by atoms with Gasteiger partial charge in [-0.05, 0) is 29.7 Å². The zero-order chi connectivity index (χ0) is 14.6. The molecule has 4 nitrogen and oxygen atoms in total. The van der Waals surface area contributed by atoms with Crippen LogP contribution in [0, 0.1) is 5.92 Å². The van der Waals surface area contributed by atoms with Crippen LogP contribution in [0.1, 0.15) is 25.8 Å². The summed E-state index contributed by atoms with van der Waals surface area (Å²) in [4.78, 5) is 0.239. The summed E-state index contributed by atoms with van der Waals surface area (Å²) in [5.41, 5.74) is 6.19. The minimum Gasteiger partial charge on any atom is -0.326 e. The Labute approximate surface area is 120 Å². The van der Waals surface area contributed by atoms with E-state index < -0.39 is 10.0 Å². The van der Waals surface area contributed by atoms with Crippen molar-refractivity contribution in [1.29, 1.82) is 0 Å². The van der Waals surface area contributed by atoms with Gasteiger partial charge in [0.05, 0.1) is 4.90 Å². The number of nitrogens with zero attached hydrogens (tertiary/aromatic N) is 1. The van der Waals surface area contributed by atoms with Crippen LogP contribution in [0.2, 0.25) is 5.02 Å². The Morgan fingerprint density at radius 1 is 1.42 bits per heavy atom. The molecule has 19 heavy (non-hydrogen) atoms. The highest BCUT2D eigenvalue weighted by molar-refractivity contribution is 7.89. The summed E-state index contributed by atoms with van der Waals surface area (Å²) in [7, 11) is -1.88. The van der Waals surface area contributed by atoms with Crippen molar-refractivity contribution in [2.24, 2.45) is 11.7 Å². The van der Waals surface area contributed by atoms with Gasteiger partial charge < -0.3 is 5.73 Å². The maximum absolute atomic E-state index is 12.4. The van der Waals surface area contributed by atoms with E-state index in [0.29, 0.717) is 23.0 Å². The molecule has 1 unspecified atom stereocenters. The normalized spacial score (nSPS) is 13.8. The van der Waals surface area contributed by atoms with Gasteiger partial charge in [-0.2, -0.15) is 0 Å². The van der Waals surface area contributed by atoms with Crippen LogP contribution >= 0.6 is 11.6 Å². The van der Waals surface area contributed by atoms with E-state index in [9.17, 15) is 8.42 Å². The zero-order valence-electron chi connectivity index (χ0n) is 11.6. The predicted molar refractivity (Wildman–Crippen MR) is 78.6 cm³/mol. The van der Waals surface area contributed by atoms with Crippen molar-refractivity contribution in [3.63, 3.8) is 0 Å². The summed E-state index contributed by atoms with van der Waals surface area (Å²) in [6, 6.07) is 4.64. The van der Waals surface area contributed by atoms with Crippen molar-refractivity contribution in [2.45, 2.75) is 31.7 Å². The minimum absolute atomic E-state index is 0.220. The van der Waals surface area contributed by atoms with Crippen molar-refractivity contribution in [3.05, 3.63) is 28.8 Å². The molecule has 2 N–H and O–H groups in total. The van der Waals surface area contributed by atoms with Gasteiger partial charge in [0.1, 0.15) is 0 Å². The molecular formula is C13H21ClN2O2S. The van der Waals surface area contributed by atoms with E-state index in [1.54, 1.807) is 19.2 Å². The molecule has 0 amide bonds. The summed E-state index contributed by atoms with van der Waals surface area (Å²) in [5.74, 6) is 0.320. The van der Waals surface area contributed by atoms with Gasteiger partial charge in [0.25, 0.3) is 0 Å². The average Bonchev–Trinajstić information content (AvgIpc) is 2.38. The Bertz CT molecular complexity index is 531. The van der Waals surface area contributed by atoms with Crippen molar-refractivity contribution in [1.82, 2.24) is 4.31 Å². The molecule has 1 aromatic rings. The second kappa shape index (κ2) is 6.70. The molecule has 0 aliphatic carbocycles. The van der Waals surface area contributed by atoms with Gasteiger partial charge in [0.15, 0.2) is 0 Å². The van der Waals surface area contributed by atoms with Gasteiger partial charge in [-0.3, -0.25) is 0 Å². The van der Waals surface area contributed by atoms with Crippen LogP contribution in [0.3, 0.4) is 0 Å². The first-order chi connectivity index (χ1) is 8.82. The van der Waals surface area contributed by atoms with Crippen molar-refractivity contribution >= 4 is 21.6 Å². The fourth-order valence-corrected chi connectivity index (χ4v) is 3.25. The maximum Gasteiger partial charge on any atom is 0.242 e. The first-order valence-electron chi connectivity index (χ1n) is 6.27. The van der Waals surface area contributed by atoms with Crippen LogP contribution in [-0.4, -0.2) is 26.3 Å². The van der Waals surface area contributed by atoms with E-state index in [-0.39, 0.29) is 11.4 Å². The van der Waals surface area contributed by atoms with Crippen LogP contribution in [0.15, 0.2) is 23.1 Å². The lowest BCUT2D eigenvalue weighted by atomic mass is 10.1. The van der Waals surface area contributed by atoms with E-state index >= 15 is 0 Å². The third-order valence-electron chi connectivity index (χ3n) is 3.21. The van der Waals surface area contributed by atoms with E-state index in [1.807, 2.05) is 13.8 Å². The number of sulfonamides is 1. The van der Waals surface area contributed by atoms with E-state index in [0.717, 1.165) is 6.42 Å². The molecule has 108 valence electrons. The van der Waals surface area contributed by atoms with Gasteiger partial charge in [-0.1, -0.05) is 31.9 Å². The highest BCUT2D eigenvalue weighted by atomic mass is 35.5. The predicted octanol–water partition coefficient (Wildman–Crippen LogP) is 2.47. The van der Waals surface area contributed by atoms with Crippen LogP contribution in [0.25, 0.3) is 0 Å². The van der Waals surface area contributed by atoms with Gasteiger partial charge in [-0.15, -0.1) is 0 Å². The van der Waals surface area contributed by atoms with Gasteiger partial charge in [0, 0.05) is 25.2 Å². The Hall–Kier alpha value is -0.620. The number of halogens is 1. The summed E-state index contributed by atoms with van der Waals surface area (Å²) in [6.45, 7) is 4.79. The second-order valence-corrected chi connectivity index (χ2v) is 7.21. The largest absolute Gasteiger partial charge is 0.326 e. The molecule has 1 rings (SSSR count). The monoisotopic (exact) mass is 304 g/mol. The molecule has 0 saturated heterocycles. The highest BCUT2D eigenvalue weighted by Gasteiger charge is 2.22. The fourth-order valence-electron chi connectivity index (χ4n) is 1.71. The van der Waals surface area contributed by atoms with E-state index in [2.05, 4.69) is 0 Å². The molecule has 0 bridgehead atoms. The molecule has 0 aliphatic rings. The Morgan fingerprint density at radius 2 is 2.05 bits per heavy atom. The molecule has 1 atom stereocenters. The van der Waals surface area contributed by atoms with Gasteiger partial charge >= 0.3 is 0 Å². The Balaban J connectivity index is 3.06. The van der Waals surface area contributed by atoms with Crippen LogP contribution in [-0.2, 0) is 16.6 Å². The molecule has 0 fully saturated rings. The number of hydrogen-bond donors (Lipinski definition) is 1. The molecule has 1 aromatic carbocycles. The Kier molecular flexibility index (Phi) is 5.80. The zero-order valence-corrected chi connectivity index (χ0v) is 13.1. The molecule has 0 radical (unpaired) electrons. The van der Waals surface area contributed by atoms with Crippen LogP contribution in [0.5, 0.6) is 0 Å². The molecule has 0 spiro atoms. The third-order valence-corrected chi connectivity index (χ3v) is 5.40. The van der Waals surface area contributed by atoms with Crippen LogP contribution in [0.4, 0.5) is 0 Å². The maximum atomic E-state index is 12.4. The average molecular weight is 305 g/mol. The molecule has 0 aromatic heterocycles. The molecule has 0 saturated carbocycles. The van der Waals surface area contributed by atoms with Crippen LogP contribution < -0.4 is 5.73 Å². The molecule has 6 heteroatoms. The third kappa shape index (κ3) is 3.92. The lowest BCUT2D eigenvalue weighted by molar-refractivity contribution is 0.393. The standard InChI is InChI=1S/C13H21ClN2O2S/c1-4-10(2)9-16(3)19(17,18)12-5-6-13(14)11(7-12)8-15/h5-7,10H,4,8-9,15H2,1-3H3. The first kappa shape index (κ1) is 16.4. The smallest absolute Gasteiger partial charge is 0.242 e. The number of nitrogens with two attached hydrogens (primary N) is 1. The lowest BCUT2D eigenvalue weighted by Crippen LogP contribution is -2.31. The topological polar surface area (TPSA) is 63.4 Å². The summed E-state index contributed by atoms with van der Waals surface area (Å²) >= 11 is 5.94. The van der Waals surface area contributed by atoms with Crippen molar-refractivity contribution in [2.75, 3.05) is 13.6 Å². The van der Waals surface area contributed by atoms with E-state index in [1.165, 1.54) is 10.4 Å². The van der Waals surface area contributed by atoms with Gasteiger partial charge in [-0.25, -0.2) is 12.7 Å². The minimum atomic E-state index is -3.47. The fraction of sp³-hybridized carbons (Fsp3) is 0.538. The summed E-state index contributed by atoms with van der Waals surface area (Å²) < 4.78 is 26.2. The number of benzene rings is 1. The molecule has 0 aliphatic heterocycles. The molecule has 0 heterocycles. The Morgan fingerprint density at radius 3 is 2.58 bits per heavy atom. The quantitative estimate of drug-likeness (QED) is 0.878. The number of hydrogen-bond acceptors (Lipinski definition) is 3. The first-order valence-corrected chi connectivity index (χ1v) is 8.09. The highest BCUT2D eigenvalue weighted by Crippen LogP contribution is 2.22. The second-order valence-electron chi connectivity index (χ2n) is 4.76. The van der Waals surface area contributed by atoms with Crippen molar-refractivity contribution < 1.29 is 8.42 Å². The molecular weight excluding hydrogens is 284 g/mol. The van der Waals surface area contributed by atoms with Gasteiger partial charge in [0.2, 0.25) is 10.0 Å². The van der Waals surface area contributed by atoms with Crippen molar-refractivity contribution in [3.8, 4) is 0 Å². The summed E-state index contributed by atoms with van der Waals surface area (Å²) in [6.07, 6.45) is 0.939. The SMILES string of the molecule is CCC(C)CN(C)S(=O)(=O)c1ccc(Cl)c(CN)c1.